The van der Waals surface area contributed by atoms with Crippen molar-refractivity contribution in [3.63, 3.8) is 0 Å². The van der Waals surface area contributed by atoms with E-state index in [1.807, 2.05) is 6.55 Å². The van der Waals surface area contributed by atoms with Gasteiger partial charge in [-0.25, -0.2) is 0 Å². The molecule has 0 atom stereocenters. The highest BCUT2D eigenvalue weighted by molar-refractivity contribution is 6.70. The molecule has 218 valence electrons. The van der Waals surface area contributed by atoms with E-state index in [1.54, 1.807) is 0 Å². The van der Waals surface area contributed by atoms with Gasteiger partial charge in [0.25, 0.3) is 0 Å². The third kappa shape index (κ3) is 17.8. The van der Waals surface area contributed by atoms with E-state index in [9.17, 15) is 0 Å². The first kappa shape index (κ1) is 36.3. The lowest BCUT2D eigenvalue weighted by Gasteiger charge is -2.34. The summed E-state index contributed by atoms with van der Waals surface area (Å²) in [7, 11) is -9.17. The predicted octanol–water partition coefficient (Wildman–Crippen LogP) is 6.64. The fourth-order valence-electron chi connectivity index (χ4n) is 2.93. The van der Waals surface area contributed by atoms with E-state index in [2.05, 4.69) is 41.5 Å². The fraction of sp³-hybridized carbons (Fsp3) is 1.00. The molecule has 0 saturated carbocycles. The molecule has 0 radical (unpaired) electrons. The molecule has 8 nitrogen and oxygen atoms in total. The van der Waals surface area contributed by atoms with Gasteiger partial charge < -0.3 is 34.8 Å². The van der Waals surface area contributed by atoms with Gasteiger partial charge in [-0.1, -0.05) is 80.1 Å². The second-order valence-corrected chi connectivity index (χ2v) is 15.8. The van der Waals surface area contributed by atoms with Gasteiger partial charge in [-0.05, 0) is 45.1 Å². The molecule has 0 bridgehead atoms. The maximum Gasteiger partial charge on any atom is 0.670 e. The third-order valence-electron chi connectivity index (χ3n) is 5.28. The topological polar surface area (TPSA) is 73.8 Å². The SMILES string of the molecule is CCCCO[Si](OCCCC)(OCCCC)O[SiH](C)O[Si](OCCCC)(OCCCC)OCCCC. The van der Waals surface area contributed by atoms with Gasteiger partial charge in [-0.15, -0.1) is 0 Å². The van der Waals surface area contributed by atoms with Crippen molar-refractivity contribution in [1.82, 2.24) is 0 Å². The van der Waals surface area contributed by atoms with Crippen LogP contribution in [0.4, 0.5) is 0 Å². The Morgan fingerprint density at radius 3 is 0.750 bits per heavy atom. The first-order chi connectivity index (χ1) is 17.5. The van der Waals surface area contributed by atoms with Gasteiger partial charge in [-0.3, -0.25) is 0 Å². The minimum absolute atomic E-state index is 0.539. The Balaban J connectivity index is 5.73. The summed E-state index contributed by atoms with van der Waals surface area (Å²) in [6, 6.07) is 0. The molecule has 0 aromatic heterocycles. The van der Waals surface area contributed by atoms with Crippen LogP contribution in [-0.4, -0.2) is 67.0 Å². The summed E-state index contributed by atoms with van der Waals surface area (Å²) in [6.07, 6.45) is 11.7. The molecule has 0 aliphatic rings. The van der Waals surface area contributed by atoms with Crippen molar-refractivity contribution in [2.24, 2.45) is 0 Å². The molecule has 0 aliphatic heterocycles. The van der Waals surface area contributed by atoms with Gasteiger partial charge in [0.1, 0.15) is 0 Å². The van der Waals surface area contributed by atoms with Gasteiger partial charge in [0, 0.05) is 39.6 Å². The molecule has 0 rings (SSSR count). The minimum atomic E-state index is -3.39. The summed E-state index contributed by atoms with van der Waals surface area (Å²) >= 11 is 0. The minimum Gasteiger partial charge on any atom is -0.373 e. The van der Waals surface area contributed by atoms with Gasteiger partial charge in [0.2, 0.25) is 0 Å². The van der Waals surface area contributed by atoms with E-state index >= 15 is 0 Å². The van der Waals surface area contributed by atoms with Gasteiger partial charge in [-0.2, -0.15) is 0 Å². The summed E-state index contributed by atoms with van der Waals surface area (Å²) in [6.45, 7) is 18.0. The van der Waals surface area contributed by atoms with Crippen molar-refractivity contribution >= 4 is 27.4 Å². The Morgan fingerprint density at radius 1 is 0.389 bits per heavy atom. The monoisotopic (exact) mass is 570 g/mol. The molecule has 0 N–H and O–H groups in total. The molecule has 0 amide bonds. The van der Waals surface area contributed by atoms with Crippen molar-refractivity contribution in [3.05, 3.63) is 0 Å². The Bertz CT molecular complexity index is 384. The molecule has 0 fully saturated rings. The van der Waals surface area contributed by atoms with E-state index in [0.717, 1.165) is 77.0 Å². The zero-order valence-electron chi connectivity index (χ0n) is 24.6. The molecule has 0 spiro atoms. The maximum atomic E-state index is 6.54. The number of rotatable bonds is 28. The standard InChI is InChI=1S/C25H58O8Si3/c1-8-14-20-26-35(27-21-15-9-2,28-22-16-10-3)32-34(7)33-36(29-23-17-11-4,30-24-18-12-5)31-25-19-13-6/h34H,8-25H2,1-7H3. The van der Waals surface area contributed by atoms with Crippen LogP contribution in [0.5, 0.6) is 0 Å². The zero-order valence-corrected chi connectivity index (χ0v) is 27.7. The van der Waals surface area contributed by atoms with Crippen LogP contribution in [0.25, 0.3) is 0 Å². The molecular formula is C25H58O8Si3. The van der Waals surface area contributed by atoms with E-state index in [4.69, 9.17) is 34.8 Å². The molecular weight excluding hydrogens is 513 g/mol. The summed E-state index contributed by atoms with van der Waals surface area (Å²) < 4.78 is 50.7. The van der Waals surface area contributed by atoms with E-state index in [-0.39, 0.29) is 0 Å². The van der Waals surface area contributed by atoms with E-state index in [0.29, 0.717) is 39.6 Å². The van der Waals surface area contributed by atoms with Crippen molar-refractivity contribution in [2.45, 2.75) is 125 Å². The van der Waals surface area contributed by atoms with Crippen LogP contribution in [0.3, 0.4) is 0 Å². The lowest BCUT2D eigenvalue weighted by atomic mass is 10.4. The van der Waals surface area contributed by atoms with Crippen molar-refractivity contribution < 1.29 is 34.8 Å². The highest BCUT2D eigenvalue weighted by atomic mass is 28.5. The van der Waals surface area contributed by atoms with Crippen LogP contribution >= 0.6 is 0 Å². The van der Waals surface area contributed by atoms with Crippen molar-refractivity contribution in [3.8, 4) is 0 Å². The van der Waals surface area contributed by atoms with Gasteiger partial charge >= 0.3 is 27.4 Å². The first-order valence-corrected chi connectivity index (χ1v) is 20.0. The summed E-state index contributed by atoms with van der Waals surface area (Å²) in [5, 5.41) is 0. The molecule has 11 heteroatoms. The highest BCUT2D eigenvalue weighted by Gasteiger charge is 2.52. The Kier molecular flexibility index (Phi) is 24.6. The Morgan fingerprint density at radius 2 is 0.583 bits per heavy atom. The number of hydrogen-bond donors (Lipinski definition) is 0. The number of unbranched alkanes of at least 4 members (excludes halogenated alkanes) is 6. The summed E-state index contributed by atoms with van der Waals surface area (Å²) in [4.78, 5) is 0. The Labute approximate surface area is 226 Å². The molecule has 0 heterocycles. The summed E-state index contributed by atoms with van der Waals surface area (Å²) in [5.41, 5.74) is 0. The average molecular weight is 571 g/mol. The number of hydrogen-bond acceptors (Lipinski definition) is 8. The summed E-state index contributed by atoms with van der Waals surface area (Å²) in [5.74, 6) is 0. The van der Waals surface area contributed by atoms with Crippen LogP contribution < -0.4 is 0 Å². The quantitative estimate of drug-likeness (QED) is 0.0765. The lowest BCUT2D eigenvalue weighted by molar-refractivity contribution is -0.0243. The molecule has 0 aromatic carbocycles. The third-order valence-corrected chi connectivity index (χ3v) is 13.6. The first-order valence-electron chi connectivity index (χ1n) is 14.7. The van der Waals surface area contributed by atoms with Gasteiger partial charge in [0.05, 0.1) is 0 Å². The second kappa shape index (κ2) is 24.4. The smallest absolute Gasteiger partial charge is 0.373 e. The van der Waals surface area contributed by atoms with E-state index in [1.165, 1.54) is 0 Å². The molecule has 0 aromatic rings. The fourth-order valence-corrected chi connectivity index (χ4v) is 11.3. The highest BCUT2D eigenvalue weighted by Crippen LogP contribution is 2.21. The van der Waals surface area contributed by atoms with Crippen LogP contribution in [0.15, 0.2) is 0 Å². The second-order valence-electron chi connectivity index (χ2n) is 9.02. The molecule has 0 aliphatic carbocycles. The predicted molar refractivity (Wildman–Crippen MR) is 152 cm³/mol. The normalized spacial score (nSPS) is 12.7. The van der Waals surface area contributed by atoms with Crippen LogP contribution in [0.2, 0.25) is 6.55 Å². The van der Waals surface area contributed by atoms with Crippen LogP contribution in [0.1, 0.15) is 119 Å². The van der Waals surface area contributed by atoms with Gasteiger partial charge in [0.15, 0.2) is 0 Å². The molecule has 0 saturated heterocycles. The lowest BCUT2D eigenvalue weighted by Crippen LogP contribution is -2.58. The van der Waals surface area contributed by atoms with E-state index < -0.39 is 27.4 Å². The van der Waals surface area contributed by atoms with Crippen LogP contribution in [-0.2, 0) is 34.8 Å². The Hall–Kier alpha value is 0.331. The van der Waals surface area contributed by atoms with Crippen molar-refractivity contribution in [1.29, 1.82) is 0 Å². The zero-order chi connectivity index (χ0) is 27.0. The molecule has 36 heavy (non-hydrogen) atoms. The largest absolute Gasteiger partial charge is 0.670 e. The molecule has 0 unspecified atom stereocenters. The van der Waals surface area contributed by atoms with Crippen LogP contribution in [0, 0.1) is 0 Å². The maximum absolute atomic E-state index is 6.54. The average Bonchev–Trinajstić information content (AvgIpc) is 2.85. The van der Waals surface area contributed by atoms with Crippen molar-refractivity contribution in [2.75, 3.05) is 39.6 Å².